The van der Waals surface area contributed by atoms with Crippen molar-refractivity contribution in [2.45, 2.75) is 18.4 Å². The van der Waals surface area contributed by atoms with Crippen LogP contribution in [0.2, 0.25) is 0 Å². The van der Waals surface area contributed by atoms with E-state index < -0.39 is 9.05 Å². The minimum Gasteiger partial charge on any atom is -0.339 e. The Morgan fingerprint density at radius 2 is 2.06 bits per heavy atom. The van der Waals surface area contributed by atoms with E-state index >= 15 is 0 Å². The van der Waals surface area contributed by atoms with Crippen molar-refractivity contribution in [1.82, 2.24) is 4.57 Å². The molecule has 18 heavy (non-hydrogen) atoms. The first-order chi connectivity index (χ1) is 8.32. The molecule has 0 amide bonds. The van der Waals surface area contributed by atoms with Gasteiger partial charge in [0.15, 0.2) is 0 Å². The molecule has 0 aliphatic heterocycles. The highest BCUT2D eigenvalue weighted by Gasteiger charge is 2.22. The van der Waals surface area contributed by atoms with E-state index in [1.165, 1.54) is 0 Å². The van der Waals surface area contributed by atoms with Crippen molar-refractivity contribution in [3.63, 3.8) is 0 Å². The zero-order valence-corrected chi connectivity index (χ0v) is 12.8. The lowest BCUT2D eigenvalue weighted by molar-refractivity contribution is 0.609. The van der Waals surface area contributed by atoms with Crippen LogP contribution in [0.25, 0.3) is 10.9 Å². The molecule has 1 aromatic carbocycles. The Morgan fingerprint density at radius 3 is 2.61 bits per heavy atom. The SMILES string of the molecule is C=C(Br)Cn1c(C)c(S(=O)(=O)Cl)c2ccccc21. The Labute approximate surface area is 119 Å². The largest absolute Gasteiger partial charge is 0.339 e. The van der Waals surface area contributed by atoms with Gasteiger partial charge in [-0.1, -0.05) is 40.7 Å². The number of rotatable bonds is 3. The van der Waals surface area contributed by atoms with Crippen LogP contribution in [-0.2, 0) is 15.6 Å². The molecule has 2 aromatic rings. The van der Waals surface area contributed by atoms with Crippen LogP contribution >= 0.6 is 26.6 Å². The summed E-state index contributed by atoms with van der Waals surface area (Å²) >= 11 is 3.29. The topological polar surface area (TPSA) is 39.1 Å². The molecule has 0 aliphatic carbocycles. The van der Waals surface area contributed by atoms with Crippen molar-refractivity contribution in [3.8, 4) is 0 Å². The molecule has 0 fully saturated rings. The van der Waals surface area contributed by atoms with Gasteiger partial charge in [0.1, 0.15) is 4.90 Å². The zero-order valence-electron chi connectivity index (χ0n) is 9.65. The van der Waals surface area contributed by atoms with E-state index in [1.54, 1.807) is 19.1 Å². The van der Waals surface area contributed by atoms with Gasteiger partial charge in [-0.3, -0.25) is 0 Å². The Hall–Kier alpha value is -0.780. The predicted molar refractivity (Wildman–Crippen MR) is 77.8 cm³/mol. The van der Waals surface area contributed by atoms with E-state index in [9.17, 15) is 8.42 Å². The normalized spacial score (nSPS) is 11.9. The number of benzene rings is 1. The maximum atomic E-state index is 11.7. The highest BCUT2D eigenvalue weighted by atomic mass is 79.9. The Kier molecular flexibility index (Phi) is 3.58. The molecule has 96 valence electrons. The zero-order chi connectivity index (χ0) is 13.5. The molecule has 0 saturated heterocycles. The first-order valence-corrected chi connectivity index (χ1v) is 8.28. The molecule has 1 heterocycles. The van der Waals surface area contributed by atoms with Crippen LogP contribution in [0.5, 0.6) is 0 Å². The summed E-state index contributed by atoms with van der Waals surface area (Å²) in [7, 11) is 1.75. The fourth-order valence-corrected chi connectivity index (χ4v) is 3.82. The third-order valence-electron chi connectivity index (χ3n) is 2.75. The molecule has 1 aromatic heterocycles. The minimum atomic E-state index is -3.77. The van der Waals surface area contributed by atoms with E-state index in [2.05, 4.69) is 22.5 Å². The first-order valence-electron chi connectivity index (χ1n) is 5.18. The first kappa shape index (κ1) is 13.6. The summed E-state index contributed by atoms with van der Waals surface area (Å²) in [6.07, 6.45) is 0. The second kappa shape index (κ2) is 4.72. The second-order valence-electron chi connectivity index (χ2n) is 3.97. The van der Waals surface area contributed by atoms with Gasteiger partial charge in [-0.15, -0.1) is 0 Å². The lowest BCUT2D eigenvalue weighted by Crippen LogP contribution is -2.01. The number of halogens is 2. The maximum Gasteiger partial charge on any atom is 0.263 e. The number of nitrogens with zero attached hydrogens (tertiary/aromatic N) is 1. The standard InChI is InChI=1S/C12H11BrClNO2S/c1-8(13)7-15-9(2)12(18(14,16)17)10-5-3-4-6-11(10)15/h3-6H,1,7H2,2H3. The van der Waals surface area contributed by atoms with Crippen LogP contribution in [0.4, 0.5) is 0 Å². The molecular formula is C12H11BrClNO2S. The van der Waals surface area contributed by atoms with Crippen LogP contribution in [0, 0.1) is 6.92 Å². The van der Waals surface area contributed by atoms with Crippen molar-refractivity contribution in [2.75, 3.05) is 0 Å². The van der Waals surface area contributed by atoms with Crippen molar-refractivity contribution >= 4 is 46.6 Å². The summed E-state index contributed by atoms with van der Waals surface area (Å²) in [6.45, 7) is 6.02. The van der Waals surface area contributed by atoms with Gasteiger partial charge in [-0.05, 0) is 13.0 Å². The molecule has 0 aliphatic rings. The summed E-state index contributed by atoms with van der Waals surface area (Å²) < 4.78 is 26.0. The second-order valence-corrected chi connectivity index (χ2v) is 7.60. The molecule has 0 radical (unpaired) electrons. The number of aromatic nitrogens is 1. The van der Waals surface area contributed by atoms with Crippen LogP contribution in [-0.4, -0.2) is 13.0 Å². The van der Waals surface area contributed by atoms with Crippen molar-refractivity contribution in [3.05, 3.63) is 41.0 Å². The van der Waals surface area contributed by atoms with Crippen molar-refractivity contribution < 1.29 is 8.42 Å². The van der Waals surface area contributed by atoms with Crippen molar-refractivity contribution in [1.29, 1.82) is 0 Å². The van der Waals surface area contributed by atoms with E-state index in [4.69, 9.17) is 10.7 Å². The number of fused-ring (bicyclic) bond motifs is 1. The highest BCUT2D eigenvalue weighted by Crippen LogP contribution is 2.32. The molecule has 3 nitrogen and oxygen atoms in total. The Bertz CT molecular complexity index is 734. The van der Waals surface area contributed by atoms with Gasteiger partial charge in [0.25, 0.3) is 9.05 Å². The minimum absolute atomic E-state index is 0.175. The number of para-hydroxylation sites is 1. The van der Waals surface area contributed by atoms with E-state index in [-0.39, 0.29) is 4.90 Å². The van der Waals surface area contributed by atoms with E-state index in [1.807, 2.05) is 16.7 Å². The Morgan fingerprint density at radius 1 is 1.44 bits per heavy atom. The number of allylic oxidation sites excluding steroid dienone is 1. The van der Waals surface area contributed by atoms with E-state index in [0.29, 0.717) is 17.6 Å². The van der Waals surface area contributed by atoms with Crippen molar-refractivity contribution in [2.24, 2.45) is 0 Å². The van der Waals surface area contributed by atoms with Crippen LogP contribution < -0.4 is 0 Å². The number of hydrogen-bond donors (Lipinski definition) is 0. The molecule has 0 N–H and O–H groups in total. The molecule has 2 rings (SSSR count). The predicted octanol–water partition coefficient (Wildman–Crippen LogP) is 3.79. The van der Waals surface area contributed by atoms with E-state index in [0.717, 1.165) is 10.00 Å². The van der Waals surface area contributed by atoms with Crippen LogP contribution in [0.15, 0.2) is 40.2 Å². The molecule has 0 atom stereocenters. The lowest BCUT2D eigenvalue weighted by atomic mass is 10.2. The van der Waals surface area contributed by atoms with Gasteiger partial charge in [-0.2, -0.15) is 0 Å². The quantitative estimate of drug-likeness (QED) is 0.792. The van der Waals surface area contributed by atoms with Gasteiger partial charge in [-0.25, -0.2) is 8.42 Å². The number of hydrogen-bond acceptors (Lipinski definition) is 2. The third-order valence-corrected chi connectivity index (χ3v) is 4.46. The fourth-order valence-electron chi connectivity index (χ4n) is 2.08. The third kappa shape index (κ3) is 2.35. The molecular weight excluding hydrogens is 338 g/mol. The van der Waals surface area contributed by atoms with Crippen LogP contribution in [0.1, 0.15) is 5.69 Å². The van der Waals surface area contributed by atoms with Gasteiger partial charge >= 0.3 is 0 Å². The van der Waals surface area contributed by atoms with Gasteiger partial charge in [0.05, 0.1) is 6.54 Å². The lowest BCUT2D eigenvalue weighted by Gasteiger charge is -2.06. The monoisotopic (exact) mass is 347 g/mol. The molecule has 6 heteroatoms. The summed E-state index contributed by atoms with van der Waals surface area (Å²) in [5, 5.41) is 0.638. The smallest absolute Gasteiger partial charge is 0.263 e. The summed E-state index contributed by atoms with van der Waals surface area (Å²) in [6, 6.07) is 7.27. The summed E-state index contributed by atoms with van der Waals surface area (Å²) in [4.78, 5) is 0.175. The van der Waals surface area contributed by atoms with Crippen LogP contribution in [0.3, 0.4) is 0 Å². The summed E-state index contributed by atoms with van der Waals surface area (Å²) in [5.41, 5.74) is 1.45. The Balaban J connectivity index is 2.88. The highest BCUT2D eigenvalue weighted by molar-refractivity contribution is 9.11. The van der Waals surface area contributed by atoms with Gasteiger partial charge in [0.2, 0.25) is 0 Å². The average molecular weight is 349 g/mol. The summed E-state index contributed by atoms with van der Waals surface area (Å²) in [5.74, 6) is 0. The fraction of sp³-hybridized carbons (Fsp3) is 0.167. The molecule has 0 bridgehead atoms. The molecule has 0 unspecified atom stereocenters. The van der Waals surface area contributed by atoms with Gasteiger partial charge in [0, 0.05) is 31.8 Å². The molecule has 0 spiro atoms. The molecule has 0 saturated carbocycles. The average Bonchev–Trinajstić information content (AvgIpc) is 2.51. The van der Waals surface area contributed by atoms with Gasteiger partial charge < -0.3 is 4.57 Å². The maximum absolute atomic E-state index is 11.7.